The molecule has 21 heavy (non-hydrogen) atoms. The normalized spacial score (nSPS) is 15.2. The van der Waals surface area contributed by atoms with E-state index in [4.69, 9.17) is 4.74 Å². The fourth-order valence-electron chi connectivity index (χ4n) is 2.70. The molecule has 4 heteroatoms. The van der Waals surface area contributed by atoms with E-state index >= 15 is 0 Å². The number of ether oxygens (including phenoxy) is 1. The molecular weight excluding hydrogens is 274 g/mol. The second-order valence-corrected chi connectivity index (χ2v) is 5.22. The van der Waals surface area contributed by atoms with Gasteiger partial charge in [-0.15, -0.1) is 0 Å². The van der Waals surface area contributed by atoms with Crippen molar-refractivity contribution in [2.75, 3.05) is 6.61 Å². The molecule has 0 amide bonds. The molecule has 1 unspecified atom stereocenters. The van der Waals surface area contributed by atoms with E-state index in [1.54, 1.807) is 6.07 Å². The van der Waals surface area contributed by atoms with Gasteiger partial charge in [-0.05, 0) is 30.0 Å². The molecule has 0 fully saturated rings. The Balaban J connectivity index is 1.89. The first kappa shape index (κ1) is 14.0. The summed E-state index contributed by atoms with van der Waals surface area (Å²) in [4.78, 5) is 0. The van der Waals surface area contributed by atoms with E-state index < -0.39 is 17.7 Å². The standard InChI is InChI=1S/C17H16F2O2/c18-14-8-2-5-12(16(14)19)10-15(20)13-7-1-4-11-6-3-9-21-17(11)13/h1-2,4-5,7-8,15,20H,3,6,9-10H2. The average Bonchev–Trinajstić information content (AvgIpc) is 2.51. The van der Waals surface area contributed by atoms with E-state index in [9.17, 15) is 13.9 Å². The van der Waals surface area contributed by atoms with Crippen LogP contribution in [0.15, 0.2) is 36.4 Å². The van der Waals surface area contributed by atoms with Crippen molar-refractivity contribution in [3.63, 3.8) is 0 Å². The summed E-state index contributed by atoms with van der Waals surface area (Å²) in [6.45, 7) is 0.616. The van der Waals surface area contributed by atoms with Crippen molar-refractivity contribution >= 4 is 0 Å². The predicted octanol–water partition coefficient (Wildman–Crippen LogP) is 3.57. The Morgan fingerprint density at radius 1 is 1.14 bits per heavy atom. The van der Waals surface area contributed by atoms with Crippen molar-refractivity contribution in [3.8, 4) is 5.75 Å². The summed E-state index contributed by atoms with van der Waals surface area (Å²) in [6.07, 6.45) is 0.952. The van der Waals surface area contributed by atoms with Crippen LogP contribution in [0.5, 0.6) is 5.75 Å². The Bertz CT molecular complexity index is 655. The molecule has 0 spiro atoms. The molecule has 1 atom stereocenters. The molecular formula is C17H16F2O2. The smallest absolute Gasteiger partial charge is 0.162 e. The average molecular weight is 290 g/mol. The van der Waals surface area contributed by atoms with E-state index in [-0.39, 0.29) is 12.0 Å². The minimum Gasteiger partial charge on any atom is -0.493 e. The minimum absolute atomic E-state index is 0.0173. The van der Waals surface area contributed by atoms with Crippen molar-refractivity contribution in [1.29, 1.82) is 0 Å². The summed E-state index contributed by atoms with van der Waals surface area (Å²) in [5.41, 5.74) is 1.85. The number of aryl methyl sites for hydroxylation is 1. The highest BCUT2D eigenvalue weighted by Gasteiger charge is 2.21. The molecule has 0 bridgehead atoms. The third kappa shape index (κ3) is 2.76. The minimum atomic E-state index is -0.922. The largest absolute Gasteiger partial charge is 0.493 e. The highest BCUT2D eigenvalue weighted by Crippen LogP contribution is 2.34. The van der Waals surface area contributed by atoms with Gasteiger partial charge in [0, 0.05) is 12.0 Å². The number of rotatable bonds is 3. The maximum atomic E-state index is 13.7. The van der Waals surface area contributed by atoms with Crippen LogP contribution >= 0.6 is 0 Å². The highest BCUT2D eigenvalue weighted by atomic mass is 19.2. The van der Waals surface area contributed by atoms with E-state index in [1.165, 1.54) is 12.1 Å². The predicted molar refractivity (Wildman–Crippen MR) is 75.3 cm³/mol. The van der Waals surface area contributed by atoms with E-state index in [0.717, 1.165) is 24.5 Å². The van der Waals surface area contributed by atoms with Gasteiger partial charge < -0.3 is 9.84 Å². The number of benzene rings is 2. The Hall–Kier alpha value is -1.94. The lowest BCUT2D eigenvalue weighted by atomic mass is 9.95. The van der Waals surface area contributed by atoms with Crippen LogP contribution in [-0.2, 0) is 12.8 Å². The quantitative estimate of drug-likeness (QED) is 0.936. The van der Waals surface area contributed by atoms with Gasteiger partial charge in [-0.1, -0.05) is 30.3 Å². The zero-order chi connectivity index (χ0) is 14.8. The fourth-order valence-corrected chi connectivity index (χ4v) is 2.70. The van der Waals surface area contributed by atoms with Gasteiger partial charge in [0.1, 0.15) is 5.75 Å². The molecule has 2 nitrogen and oxygen atoms in total. The Kier molecular flexibility index (Phi) is 3.88. The van der Waals surface area contributed by atoms with Gasteiger partial charge >= 0.3 is 0 Å². The SMILES string of the molecule is OC(Cc1cccc(F)c1F)c1cccc2c1OCCC2. The van der Waals surface area contributed by atoms with Crippen molar-refractivity contribution < 1.29 is 18.6 Å². The summed E-state index contributed by atoms with van der Waals surface area (Å²) in [5, 5.41) is 10.4. The van der Waals surface area contributed by atoms with Crippen LogP contribution < -0.4 is 4.74 Å². The van der Waals surface area contributed by atoms with Crippen LogP contribution in [-0.4, -0.2) is 11.7 Å². The van der Waals surface area contributed by atoms with Crippen LogP contribution in [0.1, 0.15) is 29.2 Å². The number of aliphatic hydroxyl groups excluding tert-OH is 1. The third-order valence-corrected chi connectivity index (χ3v) is 3.77. The molecule has 1 aliphatic rings. The first-order valence-electron chi connectivity index (χ1n) is 7.02. The lowest BCUT2D eigenvalue weighted by Crippen LogP contribution is -2.13. The Morgan fingerprint density at radius 2 is 1.95 bits per heavy atom. The fraction of sp³-hybridized carbons (Fsp3) is 0.294. The first-order chi connectivity index (χ1) is 10.2. The summed E-state index contributed by atoms with van der Waals surface area (Å²) >= 11 is 0. The van der Waals surface area contributed by atoms with Crippen LogP contribution in [0, 0.1) is 11.6 Å². The third-order valence-electron chi connectivity index (χ3n) is 3.77. The zero-order valence-electron chi connectivity index (χ0n) is 11.5. The van der Waals surface area contributed by atoms with Gasteiger partial charge in [0.05, 0.1) is 12.7 Å². The summed E-state index contributed by atoms with van der Waals surface area (Å²) < 4.78 is 32.6. The highest BCUT2D eigenvalue weighted by molar-refractivity contribution is 5.44. The van der Waals surface area contributed by atoms with Gasteiger partial charge in [-0.3, -0.25) is 0 Å². The molecule has 0 saturated heterocycles. The molecule has 1 N–H and O–H groups in total. The van der Waals surface area contributed by atoms with Gasteiger partial charge in [0.25, 0.3) is 0 Å². The molecule has 110 valence electrons. The number of halogens is 2. The molecule has 2 aromatic carbocycles. The monoisotopic (exact) mass is 290 g/mol. The van der Waals surface area contributed by atoms with Gasteiger partial charge in [-0.25, -0.2) is 8.78 Å². The van der Waals surface area contributed by atoms with Crippen molar-refractivity contribution in [3.05, 3.63) is 64.7 Å². The number of hydrogen-bond donors (Lipinski definition) is 1. The Morgan fingerprint density at radius 3 is 2.81 bits per heavy atom. The summed E-state index contributed by atoms with van der Waals surface area (Å²) in [7, 11) is 0. The topological polar surface area (TPSA) is 29.5 Å². The van der Waals surface area contributed by atoms with Crippen molar-refractivity contribution in [2.45, 2.75) is 25.4 Å². The second-order valence-electron chi connectivity index (χ2n) is 5.22. The molecule has 0 aliphatic carbocycles. The maximum absolute atomic E-state index is 13.7. The van der Waals surface area contributed by atoms with Crippen LogP contribution in [0.4, 0.5) is 8.78 Å². The summed E-state index contributed by atoms with van der Waals surface area (Å²) in [5.74, 6) is -1.11. The molecule has 3 rings (SSSR count). The van der Waals surface area contributed by atoms with Crippen molar-refractivity contribution in [2.24, 2.45) is 0 Å². The van der Waals surface area contributed by atoms with E-state index in [1.807, 2.05) is 12.1 Å². The summed E-state index contributed by atoms with van der Waals surface area (Å²) in [6, 6.07) is 9.58. The second kappa shape index (κ2) is 5.82. The van der Waals surface area contributed by atoms with Gasteiger partial charge in [0.15, 0.2) is 11.6 Å². The van der Waals surface area contributed by atoms with E-state index in [2.05, 4.69) is 0 Å². The van der Waals surface area contributed by atoms with Gasteiger partial charge in [0.2, 0.25) is 0 Å². The van der Waals surface area contributed by atoms with Crippen LogP contribution in [0.3, 0.4) is 0 Å². The van der Waals surface area contributed by atoms with Gasteiger partial charge in [-0.2, -0.15) is 0 Å². The number of aliphatic hydroxyl groups is 1. The number of para-hydroxylation sites is 1. The van der Waals surface area contributed by atoms with Crippen LogP contribution in [0.2, 0.25) is 0 Å². The molecule has 1 aliphatic heterocycles. The number of fused-ring (bicyclic) bond motifs is 1. The number of hydrogen-bond acceptors (Lipinski definition) is 2. The lowest BCUT2D eigenvalue weighted by molar-refractivity contribution is 0.168. The molecule has 0 radical (unpaired) electrons. The molecule has 0 saturated carbocycles. The van der Waals surface area contributed by atoms with Crippen LogP contribution in [0.25, 0.3) is 0 Å². The molecule has 2 aromatic rings. The lowest BCUT2D eigenvalue weighted by Gasteiger charge is -2.23. The van der Waals surface area contributed by atoms with E-state index in [0.29, 0.717) is 17.9 Å². The maximum Gasteiger partial charge on any atom is 0.162 e. The van der Waals surface area contributed by atoms with Crippen molar-refractivity contribution in [1.82, 2.24) is 0 Å². The zero-order valence-corrected chi connectivity index (χ0v) is 11.5. The molecule has 1 heterocycles. The first-order valence-corrected chi connectivity index (χ1v) is 7.02. The molecule has 0 aromatic heterocycles. The Labute approximate surface area is 122 Å².